The first-order valence-corrected chi connectivity index (χ1v) is 6.27. The fourth-order valence-electron chi connectivity index (χ4n) is 1.85. The summed E-state index contributed by atoms with van der Waals surface area (Å²) in [7, 11) is 0. The number of halogens is 1. The average molecular weight is 243 g/mol. The summed E-state index contributed by atoms with van der Waals surface area (Å²) in [5.74, 6) is -0.194. The molecule has 0 aliphatic carbocycles. The monoisotopic (exact) mass is 243 g/mol. The Bertz CT molecular complexity index is 517. The van der Waals surface area contributed by atoms with E-state index in [0.717, 1.165) is 17.5 Å². The molecule has 0 amide bonds. The zero-order chi connectivity index (χ0) is 13.0. The first-order valence-electron chi connectivity index (χ1n) is 6.27. The lowest BCUT2D eigenvalue weighted by molar-refractivity contribution is 0.629. The highest BCUT2D eigenvalue weighted by Crippen LogP contribution is 2.16. The van der Waals surface area contributed by atoms with Gasteiger partial charge in [-0.05, 0) is 42.2 Å². The molecule has 0 unspecified atom stereocenters. The Morgan fingerprint density at radius 3 is 2.28 bits per heavy atom. The predicted molar refractivity (Wildman–Crippen MR) is 74.3 cm³/mol. The van der Waals surface area contributed by atoms with Gasteiger partial charge in [0.15, 0.2) is 0 Å². The minimum absolute atomic E-state index is 0.194. The molecule has 0 saturated heterocycles. The topological polar surface area (TPSA) is 12.0 Å². The summed E-state index contributed by atoms with van der Waals surface area (Å²) >= 11 is 0. The second kappa shape index (κ2) is 5.67. The largest absolute Gasteiger partial charge is 0.379 e. The number of hydrogen-bond donors (Lipinski definition) is 1. The highest BCUT2D eigenvalue weighted by molar-refractivity contribution is 5.46. The van der Waals surface area contributed by atoms with Crippen molar-refractivity contribution in [2.45, 2.75) is 26.8 Å². The summed E-state index contributed by atoms with van der Waals surface area (Å²) in [6.07, 6.45) is 1.04. The number of aryl methyl sites for hydroxylation is 2. The summed E-state index contributed by atoms with van der Waals surface area (Å²) in [4.78, 5) is 0. The maximum atomic E-state index is 13.6. The highest BCUT2D eigenvalue weighted by atomic mass is 19.1. The summed E-state index contributed by atoms with van der Waals surface area (Å²) in [6, 6.07) is 13.6. The first-order chi connectivity index (χ1) is 8.69. The molecule has 2 rings (SSSR count). The van der Waals surface area contributed by atoms with Gasteiger partial charge >= 0.3 is 0 Å². The van der Waals surface area contributed by atoms with Gasteiger partial charge in [-0.1, -0.05) is 37.3 Å². The van der Waals surface area contributed by atoms with Crippen molar-refractivity contribution >= 4 is 5.69 Å². The van der Waals surface area contributed by atoms with Crippen molar-refractivity contribution in [2.24, 2.45) is 0 Å². The van der Waals surface area contributed by atoms with E-state index in [1.807, 2.05) is 13.0 Å². The van der Waals surface area contributed by atoms with E-state index in [1.54, 1.807) is 12.1 Å². The second-order valence-corrected chi connectivity index (χ2v) is 4.51. The van der Waals surface area contributed by atoms with Gasteiger partial charge in [0.25, 0.3) is 0 Å². The molecule has 0 aliphatic heterocycles. The van der Waals surface area contributed by atoms with Gasteiger partial charge in [-0.2, -0.15) is 0 Å². The van der Waals surface area contributed by atoms with E-state index in [-0.39, 0.29) is 5.82 Å². The van der Waals surface area contributed by atoms with Crippen LogP contribution in [-0.2, 0) is 13.0 Å². The van der Waals surface area contributed by atoms with Crippen LogP contribution in [-0.4, -0.2) is 0 Å². The van der Waals surface area contributed by atoms with Crippen LogP contribution < -0.4 is 5.32 Å². The van der Waals surface area contributed by atoms with Crippen molar-refractivity contribution in [3.63, 3.8) is 0 Å². The minimum Gasteiger partial charge on any atom is -0.379 e. The molecule has 0 saturated carbocycles. The molecular weight excluding hydrogens is 225 g/mol. The van der Waals surface area contributed by atoms with E-state index in [0.29, 0.717) is 12.2 Å². The third-order valence-electron chi connectivity index (χ3n) is 3.04. The SMILES string of the molecule is CCc1ccc(CNc2ccc(C)cc2F)cc1. The van der Waals surface area contributed by atoms with E-state index < -0.39 is 0 Å². The lowest BCUT2D eigenvalue weighted by Gasteiger charge is -2.08. The van der Waals surface area contributed by atoms with E-state index >= 15 is 0 Å². The second-order valence-electron chi connectivity index (χ2n) is 4.51. The van der Waals surface area contributed by atoms with Crippen molar-refractivity contribution in [1.82, 2.24) is 0 Å². The lowest BCUT2D eigenvalue weighted by atomic mass is 10.1. The maximum absolute atomic E-state index is 13.6. The predicted octanol–water partition coefficient (Wildman–Crippen LogP) is 4.31. The third-order valence-corrected chi connectivity index (χ3v) is 3.04. The molecule has 0 atom stereocenters. The molecule has 1 N–H and O–H groups in total. The van der Waals surface area contributed by atoms with Gasteiger partial charge in [0, 0.05) is 6.54 Å². The Labute approximate surface area is 108 Å². The molecule has 18 heavy (non-hydrogen) atoms. The molecule has 94 valence electrons. The van der Waals surface area contributed by atoms with Crippen LogP contribution in [0.2, 0.25) is 0 Å². The molecule has 0 bridgehead atoms. The van der Waals surface area contributed by atoms with Crippen LogP contribution in [0, 0.1) is 12.7 Å². The Morgan fingerprint density at radius 2 is 1.67 bits per heavy atom. The Hall–Kier alpha value is -1.83. The zero-order valence-corrected chi connectivity index (χ0v) is 10.8. The summed E-state index contributed by atoms with van der Waals surface area (Å²) in [6.45, 7) is 4.66. The normalized spacial score (nSPS) is 10.4. The van der Waals surface area contributed by atoms with Crippen molar-refractivity contribution in [1.29, 1.82) is 0 Å². The van der Waals surface area contributed by atoms with Crippen LogP contribution in [0.4, 0.5) is 10.1 Å². The highest BCUT2D eigenvalue weighted by Gasteiger charge is 2.01. The van der Waals surface area contributed by atoms with Crippen LogP contribution in [0.3, 0.4) is 0 Å². The minimum atomic E-state index is -0.194. The van der Waals surface area contributed by atoms with Crippen molar-refractivity contribution < 1.29 is 4.39 Å². The number of nitrogens with one attached hydrogen (secondary N) is 1. The van der Waals surface area contributed by atoms with Gasteiger partial charge in [0.2, 0.25) is 0 Å². The Kier molecular flexibility index (Phi) is 3.98. The molecule has 2 heteroatoms. The van der Waals surface area contributed by atoms with E-state index in [1.165, 1.54) is 5.56 Å². The lowest BCUT2D eigenvalue weighted by Crippen LogP contribution is -2.01. The number of benzene rings is 2. The molecule has 0 fully saturated rings. The standard InChI is InChI=1S/C16H18FN/c1-3-13-5-7-14(8-6-13)11-18-16-9-4-12(2)10-15(16)17/h4-10,18H,3,11H2,1-2H3. The molecule has 0 aromatic heterocycles. The fourth-order valence-corrected chi connectivity index (χ4v) is 1.85. The Morgan fingerprint density at radius 1 is 1.00 bits per heavy atom. The van der Waals surface area contributed by atoms with Gasteiger partial charge < -0.3 is 5.32 Å². The van der Waals surface area contributed by atoms with E-state index in [4.69, 9.17) is 0 Å². The van der Waals surface area contributed by atoms with E-state index in [2.05, 4.69) is 36.5 Å². The Balaban J connectivity index is 2.02. The molecule has 0 aliphatic rings. The zero-order valence-electron chi connectivity index (χ0n) is 10.8. The van der Waals surface area contributed by atoms with Crippen molar-refractivity contribution in [3.8, 4) is 0 Å². The molecule has 0 radical (unpaired) electrons. The summed E-state index contributed by atoms with van der Waals surface area (Å²) in [5.41, 5.74) is 3.97. The first kappa shape index (κ1) is 12.6. The van der Waals surface area contributed by atoms with Crippen LogP contribution in [0.15, 0.2) is 42.5 Å². The molecule has 0 spiro atoms. The molecular formula is C16H18FN. The molecule has 0 heterocycles. The smallest absolute Gasteiger partial charge is 0.146 e. The third kappa shape index (κ3) is 3.10. The van der Waals surface area contributed by atoms with Crippen molar-refractivity contribution in [2.75, 3.05) is 5.32 Å². The number of anilines is 1. The van der Waals surface area contributed by atoms with Gasteiger partial charge in [-0.15, -0.1) is 0 Å². The molecule has 2 aromatic rings. The summed E-state index contributed by atoms with van der Waals surface area (Å²) < 4.78 is 13.6. The number of rotatable bonds is 4. The van der Waals surface area contributed by atoms with Crippen LogP contribution >= 0.6 is 0 Å². The molecule has 2 aromatic carbocycles. The van der Waals surface area contributed by atoms with Crippen LogP contribution in [0.5, 0.6) is 0 Å². The van der Waals surface area contributed by atoms with Gasteiger partial charge in [0.05, 0.1) is 5.69 Å². The van der Waals surface area contributed by atoms with Gasteiger partial charge in [-0.3, -0.25) is 0 Å². The summed E-state index contributed by atoms with van der Waals surface area (Å²) in [5, 5.41) is 3.12. The van der Waals surface area contributed by atoms with Crippen molar-refractivity contribution in [3.05, 3.63) is 65.0 Å². The van der Waals surface area contributed by atoms with Crippen LogP contribution in [0.1, 0.15) is 23.6 Å². The fraction of sp³-hybridized carbons (Fsp3) is 0.250. The quantitative estimate of drug-likeness (QED) is 0.843. The van der Waals surface area contributed by atoms with E-state index in [9.17, 15) is 4.39 Å². The van der Waals surface area contributed by atoms with Crippen LogP contribution in [0.25, 0.3) is 0 Å². The average Bonchev–Trinajstić information content (AvgIpc) is 2.38. The van der Waals surface area contributed by atoms with Gasteiger partial charge in [0.1, 0.15) is 5.82 Å². The number of hydrogen-bond acceptors (Lipinski definition) is 1. The molecule has 1 nitrogen and oxygen atoms in total. The maximum Gasteiger partial charge on any atom is 0.146 e. The van der Waals surface area contributed by atoms with Gasteiger partial charge in [-0.25, -0.2) is 4.39 Å².